The molecule has 0 bridgehead atoms. The molecule has 0 unspecified atom stereocenters. The van der Waals surface area contributed by atoms with Crippen LogP contribution in [-0.4, -0.2) is 17.2 Å². The third kappa shape index (κ3) is 1.65. The van der Waals surface area contributed by atoms with Crippen LogP contribution in [0.15, 0.2) is 18.2 Å². The third-order valence-electron chi connectivity index (χ3n) is 1.79. The van der Waals surface area contributed by atoms with Gasteiger partial charge in [0.15, 0.2) is 0 Å². The Kier molecular flexibility index (Phi) is 2.84. The zero-order valence-corrected chi connectivity index (χ0v) is 6.79. The molecule has 0 aromatic heterocycles. The molecule has 12 heavy (non-hydrogen) atoms. The standard InChI is InChI=1S/C8H10BFO2/c1-2-6-7(9(11)12)4-3-5-8(6)10/h3-5,11-12H,2H2,1H3. The lowest BCUT2D eigenvalue weighted by Crippen LogP contribution is -2.33. The van der Waals surface area contributed by atoms with Gasteiger partial charge in [-0.1, -0.05) is 19.1 Å². The lowest BCUT2D eigenvalue weighted by Gasteiger charge is -2.06. The van der Waals surface area contributed by atoms with Gasteiger partial charge in [-0.3, -0.25) is 0 Å². The summed E-state index contributed by atoms with van der Waals surface area (Å²) in [5, 5.41) is 17.7. The Morgan fingerprint density at radius 1 is 1.42 bits per heavy atom. The van der Waals surface area contributed by atoms with Crippen LogP contribution >= 0.6 is 0 Å². The summed E-state index contributed by atoms with van der Waals surface area (Å²) < 4.78 is 13.0. The molecule has 2 nitrogen and oxygen atoms in total. The predicted molar refractivity (Wildman–Crippen MR) is 45.6 cm³/mol. The molecule has 64 valence electrons. The van der Waals surface area contributed by atoms with Gasteiger partial charge < -0.3 is 10.0 Å². The summed E-state index contributed by atoms with van der Waals surface area (Å²) >= 11 is 0. The fraction of sp³-hybridized carbons (Fsp3) is 0.250. The highest BCUT2D eigenvalue weighted by Gasteiger charge is 2.16. The lowest BCUT2D eigenvalue weighted by molar-refractivity contribution is 0.425. The van der Waals surface area contributed by atoms with Gasteiger partial charge in [-0.15, -0.1) is 0 Å². The van der Waals surface area contributed by atoms with E-state index < -0.39 is 7.12 Å². The Balaban J connectivity index is 3.18. The van der Waals surface area contributed by atoms with E-state index in [4.69, 9.17) is 10.0 Å². The molecule has 0 atom stereocenters. The molecule has 4 heteroatoms. The summed E-state index contributed by atoms with van der Waals surface area (Å²) in [6.45, 7) is 1.77. The molecule has 1 aromatic rings. The summed E-state index contributed by atoms with van der Waals surface area (Å²) in [4.78, 5) is 0. The van der Waals surface area contributed by atoms with E-state index >= 15 is 0 Å². The summed E-state index contributed by atoms with van der Waals surface area (Å²) in [6, 6.07) is 4.28. The molecule has 0 radical (unpaired) electrons. The summed E-state index contributed by atoms with van der Waals surface area (Å²) in [7, 11) is -1.59. The first kappa shape index (κ1) is 9.22. The first-order valence-electron chi connectivity index (χ1n) is 3.80. The Labute approximate surface area is 70.8 Å². The molecule has 0 aliphatic carbocycles. The van der Waals surface area contributed by atoms with E-state index in [1.807, 2.05) is 0 Å². The second-order valence-corrected chi connectivity index (χ2v) is 2.53. The Morgan fingerprint density at radius 3 is 2.50 bits per heavy atom. The van der Waals surface area contributed by atoms with Gasteiger partial charge in [0.25, 0.3) is 0 Å². The van der Waals surface area contributed by atoms with Crippen LogP contribution in [0.5, 0.6) is 0 Å². The molecule has 0 aliphatic heterocycles. The van der Waals surface area contributed by atoms with Crippen molar-refractivity contribution in [3.8, 4) is 0 Å². The summed E-state index contributed by atoms with van der Waals surface area (Å²) in [6.07, 6.45) is 0.458. The van der Waals surface area contributed by atoms with Gasteiger partial charge in [0, 0.05) is 0 Å². The highest BCUT2D eigenvalue weighted by Crippen LogP contribution is 2.04. The van der Waals surface area contributed by atoms with E-state index in [9.17, 15) is 4.39 Å². The van der Waals surface area contributed by atoms with Crippen molar-refractivity contribution >= 4 is 12.6 Å². The highest BCUT2D eigenvalue weighted by molar-refractivity contribution is 6.59. The van der Waals surface area contributed by atoms with Crippen LogP contribution < -0.4 is 5.46 Å². The number of rotatable bonds is 2. The van der Waals surface area contributed by atoms with Gasteiger partial charge >= 0.3 is 7.12 Å². The van der Waals surface area contributed by atoms with Crippen molar-refractivity contribution in [2.75, 3.05) is 0 Å². The summed E-state index contributed by atoms with van der Waals surface area (Å²) in [5.41, 5.74) is 0.616. The fourth-order valence-corrected chi connectivity index (χ4v) is 1.19. The van der Waals surface area contributed by atoms with Gasteiger partial charge in [0.2, 0.25) is 0 Å². The van der Waals surface area contributed by atoms with Gasteiger partial charge in [-0.05, 0) is 23.5 Å². The van der Waals surface area contributed by atoms with Crippen LogP contribution in [0.4, 0.5) is 4.39 Å². The number of hydrogen-bond acceptors (Lipinski definition) is 2. The molecule has 0 saturated heterocycles. The Hall–Kier alpha value is -0.865. The summed E-state index contributed by atoms with van der Waals surface area (Å²) in [5.74, 6) is -0.386. The van der Waals surface area contributed by atoms with E-state index in [1.54, 1.807) is 6.92 Å². The zero-order valence-electron chi connectivity index (χ0n) is 6.79. The van der Waals surface area contributed by atoms with Crippen molar-refractivity contribution in [3.63, 3.8) is 0 Å². The smallest absolute Gasteiger partial charge is 0.423 e. The minimum absolute atomic E-state index is 0.248. The Bertz CT molecular complexity index is 276. The topological polar surface area (TPSA) is 40.5 Å². The third-order valence-corrected chi connectivity index (χ3v) is 1.79. The average Bonchev–Trinajstić information content (AvgIpc) is 2.03. The number of hydrogen-bond donors (Lipinski definition) is 2. The van der Waals surface area contributed by atoms with Crippen molar-refractivity contribution < 1.29 is 14.4 Å². The molecule has 0 aliphatic rings. The van der Waals surface area contributed by atoms with Crippen molar-refractivity contribution in [1.82, 2.24) is 0 Å². The lowest BCUT2D eigenvalue weighted by atomic mass is 9.76. The van der Waals surface area contributed by atoms with E-state index in [1.165, 1.54) is 18.2 Å². The molecule has 0 saturated carbocycles. The predicted octanol–water partition coefficient (Wildman–Crippen LogP) is 0.0679. The maximum Gasteiger partial charge on any atom is 0.488 e. The highest BCUT2D eigenvalue weighted by atomic mass is 19.1. The second kappa shape index (κ2) is 3.69. The van der Waals surface area contributed by atoms with Gasteiger partial charge in [-0.25, -0.2) is 4.39 Å². The largest absolute Gasteiger partial charge is 0.488 e. The van der Waals surface area contributed by atoms with Gasteiger partial charge in [-0.2, -0.15) is 0 Å². The first-order chi connectivity index (χ1) is 5.66. The zero-order chi connectivity index (χ0) is 9.14. The molecular formula is C8H10BFO2. The minimum atomic E-state index is -1.59. The van der Waals surface area contributed by atoms with Crippen LogP contribution in [0, 0.1) is 5.82 Å². The molecule has 0 heterocycles. The second-order valence-electron chi connectivity index (χ2n) is 2.53. The van der Waals surface area contributed by atoms with E-state index in [-0.39, 0.29) is 11.3 Å². The number of benzene rings is 1. The van der Waals surface area contributed by atoms with Crippen molar-refractivity contribution in [2.24, 2.45) is 0 Å². The average molecular weight is 168 g/mol. The van der Waals surface area contributed by atoms with Gasteiger partial charge in [0.1, 0.15) is 5.82 Å². The van der Waals surface area contributed by atoms with Gasteiger partial charge in [0.05, 0.1) is 0 Å². The minimum Gasteiger partial charge on any atom is -0.423 e. The van der Waals surface area contributed by atoms with E-state index in [0.717, 1.165) is 0 Å². The number of halogens is 1. The molecule has 1 rings (SSSR count). The van der Waals surface area contributed by atoms with Crippen LogP contribution in [0.3, 0.4) is 0 Å². The fourth-order valence-electron chi connectivity index (χ4n) is 1.19. The maximum absolute atomic E-state index is 13.0. The van der Waals surface area contributed by atoms with Crippen LogP contribution in [-0.2, 0) is 6.42 Å². The van der Waals surface area contributed by atoms with Crippen LogP contribution in [0.1, 0.15) is 12.5 Å². The molecule has 0 spiro atoms. The monoisotopic (exact) mass is 168 g/mol. The molecule has 0 fully saturated rings. The molecule has 0 amide bonds. The van der Waals surface area contributed by atoms with Crippen LogP contribution in [0.2, 0.25) is 0 Å². The molecule has 1 aromatic carbocycles. The van der Waals surface area contributed by atoms with E-state index in [2.05, 4.69) is 0 Å². The van der Waals surface area contributed by atoms with Crippen LogP contribution in [0.25, 0.3) is 0 Å². The maximum atomic E-state index is 13.0. The van der Waals surface area contributed by atoms with Crippen molar-refractivity contribution in [2.45, 2.75) is 13.3 Å². The first-order valence-corrected chi connectivity index (χ1v) is 3.80. The SMILES string of the molecule is CCc1c(F)cccc1B(O)O. The van der Waals surface area contributed by atoms with Crippen molar-refractivity contribution in [3.05, 3.63) is 29.6 Å². The van der Waals surface area contributed by atoms with Crippen molar-refractivity contribution in [1.29, 1.82) is 0 Å². The Morgan fingerprint density at radius 2 is 2.08 bits per heavy atom. The quantitative estimate of drug-likeness (QED) is 0.613. The normalized spacial score (nSPS) is 10.0. The van der Waals surface area contributed by atoms with E-state index in [0.29, 0.717) is 12.0 Å². The molecule has 2 N–H and O–H groups in total. The molecular weight excluding hydrogens is 158 g/mol.